The number of aliphatic hydroxyl groups is 1. The Morgan fingerprint density at radius 2 is 2.17 bits per heavy atom. The van der Waals surface area contributed by atoms with Crippen LogP contribution in [0, 0.1) is 12.3 Å². The zero-order valence-corrected chi connectivity index (χ0v) is 7.76. The molecule has 0 bridgehead atoms. The van der Waals surface area contributed by atoms with E-state index in [0.717, 1.165) is 0 Å². The average Bonchev–Trinajstić information content (AvgIpc) is 2.04. The molecule has 0 saturated heterocycles. The smallest absolute Gasteiger partial charge is 0.0742 e. The SMILES string of the molecule is C#CC(C)(C)NCCOCCO. The van der Waals surface area contributed by atoms with Crippen molar-refractivity contribution in [3.8, 4) is 12.3 Å². The third kappa shape index (κ3) is 6.17. The maximum absolute atomic E-state index is 8.39. The number of hydrogen-bond donors (Lipinski definition) is 2. The summed E-state index contributed by atoms with van der Waals surface area (Å²) in [6.45, 7) is 5.59. The predicted molar refractivity (Wildman–Crippen MR) is 48.8 cm³/mol. The maximum Gasteiger partial charge on any atom is 0.0742 e. The fraction of sp³-hybridized carbons (Fsp3) is 0.778. The summed E-state index contributed by atoms with van der Waals surface area (Å²) in [7, 11) is 0. The molecule has 0 radical (unpaired) electrons. The molecule has 0 fully saturated rings. The van der Waals surface area contributed by atoms with Crippen molar-refractivity contribution in [3.63, 3.8) is 0 Å². The van der Waals surface area contributed by atoms with Gasteiger partial charge in [-0.3, -0.25) is 5.32 Å². The van der Waals surface area contributed by atoms with Crippen molar-refractivity contribution < 1.29 is 9.84 Å². The van der Waals surface area contributed by atoms with E-state index in [1.807, 2.05) is 13.8 Å². The van der Waals surface area contributed by atoms with E-state index in [2.05, 4.69) is 11.2 Å². The van der Waals surface area contributed by atoms with Crippen molar-refractivity contribution in [3.05, 3.63) is 0 Å². The second kappa shape index (κ2) is 6.01. The van der Waals surface area contributed by atoms with Crippen LogP contribution in [-0.2, 0) is 4.74 Å². The topological polar surface area (TPSA) is 41.5 Å². The lowest BCUT2D eigenvalue weighted by atomic mass is 10.1. The molecule has 0 unspecified atom stereocenters. The summed E-state index contributed by atoms with van der Waals surface area (Å²) in [5.41, 5.74) is -0.275. The third-order valence-electron chi connectivity index (χ3n) is 1.41. The van der Waals surface area contributed by atoms with Gasteiger partial charge in [0.25, 0.3) is 0 Å². The zero-order chi connectivity index (χ0) is 9.45. The van der Waals surface area contributed by atoms with Crippen molar-refractivity contribution in [2.45, 2.75) is 19.4 Å². The third-order valence-corrected chi connectivity index (χ3v) is 1.41. The van der Waals surface area contributed by atoms with Gasteiger partial charge in [-0.2, -0.15) is 0 Å². The Kier molecular flexibility index (Phi) is 5.73. The molecule has 0 saturated carbocycles. The molecule has 12 heavy (non-hydrogen) atoms. The highest BCUT2D eigenvalue weighted by molar-refractivity contribution is 5.07. The fourth-order valence-corrected chi connectivity index (χ4v) is 0.653. The first kappa shape index (κ1) is 11.4. The molecule has 0 amide bonds. The second-order valence-corrected chi connectivity index (χ2v) is 3.03. The minimum absolute atomic E-state index is 0.0680. The minimum atomic E-state index is -0.275. The Balaban J connectivity index is 3.27. The molecule has 0 aromatic carbocycles. The molecule has 3 nitrogen and oxygen atoms in total. The Bertz CT molecular complexity index is 149. The Morgan fingerprint density at radius 3 is 2.67 bits per heavy atom. The number of terminal acetylenes is 1. The van der Waals surface area contributed by atoms with Gasteiger partial charge in [-0.15, -0.1) is 6.42 Å². The maximum atomic E-state index is 8.39. The number of aliphatic hydroxyl groups excluding tert-OH is 1. The van der Waals surface area contributed by atoms with E-state index in [-0.39, 0.29) is 12.1 Å². The van der Waals surface area contributed by atoms with Crippen LogP contribution in [0.1, 0.15) is 13.8 Å². The van der Waals surface area contributed by atoms with Crippen molar-refractivity contribution in [2.24, 2.45) is 0 Å². The standard InChI is InChI=1S/C9H17NO2/c1-4-9(2,3)10-5-7-12-8-6-11/h1,10-11H,5-8H2,2-3H3. The molecule has 0 heterocycles. The summed E-state index contributed by atoms with van der Waals surface area (Å²) < 4.78 is 5.04. The lowest BCUT2D eigenvalue weighted by Crippen LogP contribution is -2.39. The Hall–Kier alpha value is -0.560. The van der Waals surface area contributed by atoms with Crippen molar-refractivity contribution >= 4 is 0 Å². The molecule has 0 aromatic rings. The molecule has 0 aromatic heterocycles. The Labute approximate surface area is 74.1 Å². The van der Waals surface area contributed by atoms with Gasteiger partial charge in [-0.05, 0) is 13.8 Å². The summed E-state index contributed by atoms with van der Waals surface area (Å²) in [5.74, 6) is 2.62. The van der Waals surface area contributed by atoms with Gasteiger partial charge in [0.1, 0.15) is 0 Å². The monoisotopic (exact) mass is 171 g/mol. The quantitative estimate of drug-likeness (QED) is 0.436. The lowest BCUT2D eigenvalue weighted by molar-refractivity contribution is 0.0919. The molecule has 0 aliphatic heterocycles. The van der Waals surface area contributed by atoms with E-state index in [1.54, 1.807) is 0 Å². The van der Waals surface area contributed by atoms with E-state index in [4.69, 9.17) is 16.3 Å². The van der Waals surface area contributed by atoms with Gasteiger partial charge >= 0.3 is 0 Å². The molecular weight excluding hydrogens is 154 g/mol. The van der Waals surface area contributed by atoms with E-state index in [9.17, 15) is 0 Å². The summed E-state index contributed by atoms with van der Waals surface area (Å²) in [5, 5.41) is 11.5. The minimum Gasteiger partial charge on any atom is -0.394 e. The van der Waals surface area contributed by atoms with Gasteiger partial charge < -0.3 is 9.84 Å². The summed E-state index contributed by atoms with van der Waals surface area (Å²) in [6.07, 6.45) is 5.25. The van der Waals surface area contributed by atoms with Crippen molar-refractivity contribution in [2.75, 3.05) is 26.4 Å². The average molecular weight is 171 g/mol. The summed E-state index contributed by atoms with van der Waals surface area (Å²) in [4.78, 5) is 0. The number of nitrogens with one attached hydrogen (secondary N) is 1. The normalized spacial score (nSPS) is 11.2. The van der Waals surface area contributed by atoms with Crippen molar-refractivity contribution in [1.29, 1.82) is 0 Å². The molecule has 0 atom stereocenters. The van der Waals surface area contributed by atoms with Crippen LogP contribution in [-0.4, -0.2) is 37.0 Å². The molecule has 0 aliphatic carbocycles. The van der Waals surface area contributed by atoms with Gasteiger partial charge in [-0.25, -0.2) is 0 Å². The molecule has 2 N–H and O–H groups in total. The van der Waals surface area contributed by atoms with Crippen molar-refractivity contribution in [1.82, 2.24) is 5.32 Å². The summed E-state index contributed by atoms with van der Waals surface area (Å²) >= 11 is 0. The lowest BCUT2D eigenvalue weighted by Gasteiger charge is -2.19. The zero-order valence-electron chi connectivity index (χ0n) is 7.76. The predicted octanol–water partition coefficient (Wildman–Crippen LogP) is -0.00330. The molecular formula is C9H17NO2. The molecule has 70 valence electrons. The first-order valence-electron chi connectivity index (χ1n) is 4.04. The van der Waals surface area contributed by atoms with Crippen LogP contribution in [0.2, 0.25) is 0 Å². The van der Waals surface area contributed by atoms with Gasteiger partial charge in [0.05, 0.1) is 25.4 Å². The van der Waals surface area contributed by atoms with Gasteiger partial charge in [0.15, 0.2) is 0 Å². The van der Waals surface area contributed by atoms with Gasteiger partial charge in [-0.1, -0.05) is 5.92 Å². The van der Waals surface area contributed by atoms with Crippen LogP contribution < -0.4 is 5.32 Å². The number of ether oxygens (including phenoxy) is 1. The molecule has 3 heteroatoms. The molecule has 0 spiro atoms. The van der Waals surface area contributed by atoms with Crippen LogP contribution in [0.25, 0.3) is 0 Å². The largest absolute Gasteiger partial charge is 0.394 e. The molecule has 0 rings (SSSR count). The highest BCUT2D eigenvalue weighted by Crippen LogP contribution is 1.96. The molecule has 0 aliphatic rings. The first-order chi connectivity index (χ1) is 5.62. The van der Waals surface area contributed by atoms with E-state index in [0.29, 0.717) is 19.8 Å². The summed E-state index contributed by atoms with van der Waals surface area (Å²) in [6, 6.07) is 0. The Morgan fingerprint density at radius 1 is 1.50 bits per heavy atom. The van der Waals surface area contributed by atoms with Gasteiger partial charge in [0, 0.05) is 6.54 Å². The number of hydrogen-bond acceptors (Lipinski definition) is 3. The van der Waals surface area contributed by atoms with E-state index in [1.165, 1.54) is 0 Å². The van der Waals surface area contributed by atoms with Gasteiger partial charge in [0.2, 0.25) is 0 Å². The van der Waals surface area contributed by atoms with Crippen LogP contribution >= 0.6 is 0 Å². The van der Waals surface area contributed by atoms with Crippen LogP contribution in [0.3, 0.4) is 0 Å². The fourth-order valence-electron chi connectivity index (χ4n) is 0.653. The highest BCUT2D eigenvalue weighted by Gasteiger charge is 2.10. The van der Waals surface area contributed by atoms with Crippen LogP contribution in [0.15, 0.2) is 0 Å². The number of rotatable bonds is 6. The van der Waals surface area contributed by atoms with Crippen LogP contribution in [0.5, 0.6) is 0 Å². The first-order valence-corrected chi connectivity index (χ1v) is 4.04. The van der Waals surface area contributed by atoms with E-state index >= 15 is 0 Å². The second-order valence-electron chi connectivity index (χ2n) is 3.03. The van der Waals surface area contributed by atoms with E-state index < -0.39 is 0 Å². The van der Waals surface area contributed by atoms with Crippen LogP contribution in [0.4, 0.5) is 0 Å². The highest BCUT2D eigenvalue weighted by atomic mass is 16.5.